The number of hydrogen-bond acceptors (Lipinski definition) is 5. The lowest BCUT2D eigenvalue weighted by molar-refractivity contribution is -0.386. The average molecular weight is 342 g/mol. The zero-order valence-corrected chi connectivity index (χ0v) is 12.7. The van der Waals surface area contributed by atoms with Crippen molar-refractivity contribution < 1.29 is 9.66 Å². The third kappa shape index (κ3) is 4.18. The van der Waals surface area contributed by atoms with Gasteiger partial charge in [0, 0.05) is 6.07 Å². The van der Waals surface area contributed by atoms with Crippen molar-refractivity contribution in [3.63, 3.8) is 0 Å². The molecule has 1 rings (SSSR count). The van der Waals surface area contributed by atoms with Gasteiger partial charge in [-0.15, -0.1) is 0 Å². The van der Waals surface area contributed by atoms with E-state index in [1.54, 1.807) is 12.1 Å². The molecule has 108 valence electrons. The van der Waals surface area contributed by atoms with Crippen LogP contribution in [-0.2, 0) is 0 Å². The van der Waals surface area contributed by atoms with Crippen molar-refractivity contribution in [1.82, 2.24) is 0 Å². The molecule has 1 aromatic rings. The zero-order valence-electron chi connectivity index (χ0n) is 11.1. The Kier molecular flexibility index (Phi) is 5.92. The van der Waals surface area contributed by atoms with Crippen LogP contribution in [0.5, 0.6) is 5.75 Å². The summed E-state index contributed by atoms with van der Waals surface area (Å²) >= 11 is 3.23. The Balaban J connectivity index is 2.64. The second-order valence-corrected chi connectivity index (χ2v) is 5.27. The molecule has 0 bridgehead atoms. The number of nitrogens with two attached hydrogens (primary N) is 1. The number of ether oxygens (including phenoxy) is 1. The summed E-state index contributed by atoms with van der Waals surface area (Å²) < 4.78 is 5.99. The van der Waals surface area contributed by atoms with Gasteiger partial charge in [-0.1, -0.05) is 13.0 Å². The molecule has 0 aliphatic rings. The van der Waals surface area contributed by atoms with E-state index in [9.17, 15) is 10.1 Å². The van der Waals surface area contributed by atoms with Gasteiger partial charge in [-0.25, -0.2) is 0 Å². The highest BCUT2D eigenvalue weighted by molar-refractivity contribution is 9.10. The van der Waals surface area contributed by atoms with Crippen LogP contribution in [0, 0.1) is 21.4 Å². The fourth-order valence-electron chi connectivity index (χ4n) is 1.66. The fourth-order valence-corrected chi connectivity index (χ4v) is 2.13. The minimum absolute atomic E-state index is 0.0887. The van der Waals surface area contributed by atoms with Gasteiger partial charge in [-0.2, -0.15) is 5.26 Å². The quantitative estimate of drug-likeness (QED) is 0.466. The lowest BCUT2D eigenvalue weighted by Crippen LogP contribution is -2.37. The predicted octanol–water partition coefficient (Wildman–Crippen LogP) is 3.15. The number of benzene rings is 1. The van der Waals surface area contributed by atoms with Gasteiger partial charge in [-0.05, 0) is 41.3 Å². The summed E-state index contributed by atoms with van der Waals surface area (Å²) in [5.74, 6) is 0.202. The molecule has 7 heteroatoms. The van der Waals surface area contributed by atoms with Gasteiger partial charge in [0.2, 0.25) is 5.75 Å². The normalized spacial score (nSPS) is 13.3. The second-order valence-electron chi connectivity index (χ2n) is 4.42. The van der Waals surface area contributed by atoms with Crippen molar-refractivity contribution in [2.24, 2.45) is 5.73 Å². The topological polar surface area (TPSA) is 102 Å². The molecule has 1 atom stereocenters. The largest absolute Gasteiger partial charge is 0.486 e. The summed E-state index contributed by atoms with van der Waals surface area (Å²) in [6, 6.07) is 6.71. The van der Waals surface area contributed by atoms with Gasteiger partial charge in [0.05, 0.1) is 22.1 Å². The van der Waals surface area contributed by atoms with Crippen LogP contribution in [0.4, 0.5) is 5.69 Å². The van der Waals surface area contributed by atoms with E-state index >= 15 is 0 Å². The molecule has 0 fully saturated rings. The molecule has 0 spiro atoms. The first kappa shape index (κ1) is 16.4. The van der Waals surface area contributed by atoms with Crippen LogP contribution in [0.3, 0.4) is 0 Å². The molecule has 6 nitrogen and oxygen atoms in total. The molecule has 1 unspecified atom stereocenters. The van der Waals surface area contributed by atoms with Crippen LogP contribution in [0.15, 0.2) is 22.7 Å². The number of para-hydroxylation sites is 1. The van der Waals surface area contributed by atoms with Crippen molar-refractivity contribution in [2.45, 2.75) is 31.7 Å². The molecule has 0 aliphatic heterocycles. The van der Waals surface area contributed by atoms with E-state index < -0.39 is 10.5 Å². The molecule has 0 aromatic heterocycles. The molecule has 0 heterocycles. The maximum Gasteiger partial charge on any atom is 0.312 e. The third-order valence-electron chi connectivity index (χ3n) is 3.01. The lowest BCUT2D eigenvalue weighted by Gasteiger charge is -2.19. The first-order chi connectivity index (χ1) is 9.43. The van der Waals surface area contributed by atoms with Gasteiger partial charge in [0.15, 0.2) is 0 Å². The molecule has 0 saturated carbocycles. The van der Waals surface area contributed by atoms with E-state index in [-0.39, 0.29) is 18.0 Å². The molecular formula is C13H16BrN3O3. The van der Waals surface area contributed by atoms with Gasteiger partial charge >= 0.3 is 5.69 Å². The van der Waals surface area contributed by atoms with Crippen LogP contribution in [0.2, 0.25) is 0 Å². The highest BCUT2D eigenvalue weighted by atomic mass is 79.9. The summed E-state index contributed by atoms with van der Waals surface area (Å²) in [7, 11) is 0. The van der Waals surface area contributed by atoms with Gasteiger partial charge in [0.25, 0.3) is 0 Å². The molecule has 0 radical (unpaired) electrons. The number of rotatable bonds is 7. The summed E-state index contributed by atoms with van der Waals surface area (Å²) in [5, 5.41) is 19.9. The summed E-state index contributed by atoms with van der Waals surface area (Å²) in [6.45, 7) is 2.12. The van der Waals surface area contributed by atoms with Crippen LogP contribution in [0.1, 0.15) is 26.2 Å². The number of hydrogen-bond donors (Lipinski definition) is 1. The summed E-state index contributed by atoms with van der Waals surface area (Å²) in [6.07, 6.45) is 1.59. The Bertz CT molecular complexity index is 530. The first-order valence-corrected chi connectivity index (χ1v) is 6.98. The Hall–Kier alpha value is -1.65. The maximum absolute atomic E-state index is 10.9. The average Bonchev–Trinajstić information content (AvgIpc) is 2.44. The molecule has 0 amide bonds. The predicted molar refractivity (Wildman–Crippen MR) is 78.3 cm³/mol. The van der Waals surface area contributed by atoms with E-state index in [0.29, 0.717) is 23.7 Å². The van der Waals surface area contributed by atoms with E-state index in [1.165, 1.54) is 6.07 Å². The minimum Gasteiger partial charge on any atom is -0.486 e. The first-order valence-electron chi connectivity index (χ1n) is 6.19. The number of nitro groups is 1. The van der Waals surface area contributed by atoms with Crippen LogP contribution in [-0.4, -0.2) is 17.1 Å². The van der Waals surface area contributed by atoms with Crippen molar-refractivity contribution in [3.05, 3.63) is 32.8 Å². The molecule has 0 aliphatic carbocycles. The van der Waals surface area contributed by atoms with Gasteiger partial charge in [0.1, 0.15) is 5.54 Å². The monoisotopic (exact) mass is 341 g/mol. The fraction of sp³-hybridized carbons (Fsp3) is 0.462. The van der Waals surface area contributed by atoms with E-state index in [0.717, 1.165) is 0 Å². The van der Waals surface area contributed by atoms with Gasteiger partial charge < -0.3 is 10.5 Å². The second kappa shape index (κ2) is 7.22. The van der Waals surface area contributed by atoms with Crippen LogP contribution in [0.25, 0.3) is 0 Å². The maximum atomic E-state index is 10.9. The third-order valence-corrected chi connectivity index (χ3v) is 3.63. The Labute approximate surface area is 125 Å². The molecule has 2 N–H and O–H groups in total. The SMILES string of the molecule is CCC(N)(C#N)CCCOc1c(Br)cccc1[N+](=O)[O-]. The van der Waals surface area contributed by atoms with Crippen LogP contribution >= 0.6 is 15.9 Å². The van der Waals surface area contributed by atoms with Crippen molar-refractivity contribution in [1.29, 1.82) is 5.26 Å². The molecule has 1 aromatic carbocycles. The van der Waals surface area contributed by atoms with Crippen LogP contribution < -0.4 is 10.5 Å². The zero-order chi connectivity index (χ0) is 15.2. The van der Waals surface area contributed by atoms with Crippen molar-refractivity contribution >= 4 is 21.6 Å². The summed E-state index contributed by atoms with van der Waals surface area (Å²) in [4.78, 5) is 10.4. The number of halogens is 1. The molecule has 0 saturated heterocycles. The van der Waals surface area contributed by atoms with Crippen molar-refractivity contribution in [3.8, 4) is 11.8 Å². The number of nitro benzene ring substituents is 1. The van der Waals surface area contributed by atoms with E-state index in [4.69, 9.17) is 15.7 Å². The molecular weight excluding hydrogens is 326 g/mol. The lowest BCUT2D eigenvalue weighted by atomic mass is 9.94. The molecule has 20 heavy (non-hydrogen) atoms. The minimum atomic E-state index is -0.858. The summed E-state index contributed by atoms with van der Waals surface area (Å²) in [5.41, 5.74) is 4.90. The standard InChI is InChI=1S/C13H16BrN3O3/c1-2-13(16,9-15)7-4-8-20-12-10(14)5-3-6-11(12)17(18)19/h3,5-6H,2,4,7-8,16H2,1H3. The number of nitriles is 1. The van der Waals surface area contributed by atoms with Gasteiger partial charge in [-0.3, -0.25) is 10.1 Å². The Morgan fingerprint density at radius 2 is 2.30 bits per heavy atom. The van der Waals surface area contributed by atoms with E-state index in [1.807, 2.05) is 6.92 Å². The van der Waals surface area contributed by atoms with E-state index in [2.05, 4.69) is 22.0 Å². The Morgan fingerprint density at radius 3 is 2.85 bits per heavy atom. The highest BCUT2D eigenvalue weighted by Crippen LogP contribution is 2.34. The smallest absolute Gasteiger partial charge is 0.312 e. The number of nitrogens with zero attached hydrogens (tertiary/aromatic N) is 2. The highest BCUT2D eigenvalue weighted by Gasteiger charge is 2.22. The van der Waals surface area contributed by atoms with Crippen molar-refractivity contribution in [2.75, 3.05) is 6.61 Å². The Morgan fingerprint density at radius 1 is 1.60 bits per heavy atom.